The third kappa shape index (κ3) is 9.64. The maximum absolute atomic E-state index is 12.8. The molecule has 0 aliphatic heterocycles. The summed E-state index contributed by atoms with van der Waals surface area (Å²) in [7, 11) is 0. The van der Waals surface area contributed by atoms with Crippen molar-refractivity contribution in [3.05, 3.63) is 71.8 Å². The molecular weight excluding hydrogens is 471 g/mol. The fraction of sp³-hybridized carbons (Fsp3) is 0.417. The largest absolute Gasteiger partial charge is 0.459 e. The number of aliphatic hydroxyl groups is 1. The van der Waals surface area contributed by atoms with E-state index in [1.807, 2.05) is 12.1 Å². The van der Waals surface area contributed by atoms with Crippen LogP contribution in [-0.4, -0.2) is 46.5 Å². The van der Waals surface area contributed by atoms with Gasteiger partial charge in [-0.05, 0) is 42.4 Å². The first kappa shape index (κ1) is 27.5. The molecule has 2 atom stereocenters. The van der Waals surface area contributed by atoms with Crippen LogP contribution in [0.1, 0.15) is 30.9 Å². The van der Waals surface area contributed by atoms with E-state index >= 15 is 0 Å². The van der Waals surface area contributed by atoms with E-state index in [2.05, 4.69) is 5.32 Å². The second-order valence-electron chi connectivity index (χ2n) is 7.77. The molecule has 6 nitrogen and oxygen atoms in total. The number of thioether (sulfide) groups is 1. The quantitative estimate of drug-likeness (QED) is 0.321. The summed E-state index contributed by atoms with van der Waals surface area (Å²) in [4.78, 5) is 24.8. The van der Waals surface area contributed by atoms with Gasteiger partial charge >= 0.3 is 18.2 Å². The number of alkyl carbamates (subject to hydrolysis) is 1. The molecular formula is C24H28F3NO5S. The number of esters is 1. The number of halogens is 3. The zero-order valence-corrected chi connectivity index (χ0v) is 19.5. The molecule has 34 heavy (non-hydrogen) atoms. The molecule has 0 saturated heterocycles. The first-order chi connectivity index (χ1) is 16.1. The highest BCUT2D eigenvalue weighted by molar-refractivity contribution is 7.99. The molecule has 2 rings (SSSR count). The number of carbonyl (C=O) groups is 2. The number of ether oxygens (including phenoxy) is 2. The molecule has 0 bridgehead atoms. The van der Waals surface area contributed by atoms with Crippen LogP contribution in [0.4, 0.5) is 18.0 Å². The smallest absolute Gasteiger partial charge is 0.416 e. The van der Waals surface area contributed by atoms with Gasteiger partial charge in [-0.1, -0.05) is 60.7 Å². The highest BCUT2D eigenvalue weighted by Gasteiger charge is 2.49. The van der Waals surface area contributed by atoms with Gasteiger partial charge in [0.15, 0.2) is 5.60 Å². The number of alkyl halides is 3. The van der Waals surface area contributed by atoms with Gasteiger partial charge in [0, 0.05) is 0 Å². The van der Waals surface area contributed by atoms with Crippen molar-refractivity contribution >= 4 is 23.8 Å². The first-order valence-corrected chi connectivity index (χ1v) is 11.8. The maximum Gasteiger partial charge on any atom is 0.416 e. The highest BCUT2D eigenvalue weighted by Crippen LogP contribution is 2.33. The van der Waals surface area contributed by atoms with Crippen LogP contribution in [0.15, 0.2) is 60.7 Å². The highest BCUT2D eigenvalue weighted by atomic mass is 32.2. The lowest BCUT2D eigenvalue weighted by atomic mass is 10.0. The number of hydrogen-bond acceptors (Lipinski definition) is 6. The second-order valence-corrected chi connectivity index (χ2v) is 9.00. The molecule has 0 heterocycles. The molecule has 0 fully saturated rings. The lowest BCUT2D eigenvalue weighted by Crippen LogP contribution is -2.43. The molecule has 0 aliphatic rings. The molecule has 186 valence electrons. The van der Waals surface area contributed by atoms with E-state index in [0.717, 1.165) is 29.8 Å². The molecule has 0 spiro atoms. The monoisotopic (exact) mass is 499 g/mol. The van der Waals surface area contributed by atoms with Gasteiger partial charge in [0.05, 0.1) is 0 Å². The van der Waals surface area contributed by atoms with E-state index in [9.17, 15) is 27.9 Å². The van der Waals surface area contributed by atoms with Crippen molar-refractivity contribution in [3.8, 4) is 0 Å². The Morgan fingerprint density at radius 2 is 1.47 bits per heavy atom. The molecule has 2 aromatic carbocycles. The summed E-state index contributed by atoms with van der Waals surface area (Å²) in [6.07, 6.45) is -5.90. The molecule has 10 heteroatoms. The summed E-state index contributed by atoms with van der Waals surface area (Å²) in [5.74, 6) is -0.391. The number of hydrogen-bond donors (Lipinski definition) is 2. The molecule has 1 amide bonds. The van der Waals surface area contributed by atoms with Crippen molar-refractivity contribution in [2.45, 2.75) is 50.8 Å². The number of benzene rings is 2. The Balaban J connectivity index is 1.87. The number of carbonyl (C=O) groups excluding carboxylic acids is 2. The van der Waals surface area contributed by atoms with Gasteiger partial charge in [0.1, 0.15) is 19.3 Å². The van der Waals surface area contributed by atoms with Gasteiger partial charge in [0.25, 0.3) is 0 Å². The maximum atomic E-state index is 12.8. The lowest BCUT2D eigenvalue weighted by Gasteiger charge is -2.26. The zero-order chi connectivity index (χ0) is 25.0. The van der Waals surface area contributed by atoms with Gasteiger partial charge in [-0.25, -0.2) is 9.59 Å². The van der Waals surface area contributed by atoms with Gasteiger partial charge < -0.3 is 19.9 Å². The van der Waals surface area contributed by atoms with Gasteiger partial charge in [0.2, 0.25) is 0 Å². The SMILES string of the molecule is C[C@@](O)(CCSCC[C@H](NC(=O)OCc1ccccc1)C(=O)OCc1ccccc1)C(F)(F)F. The minimum absolute atomic E-state index is 0.0124. The Bertz CT molecular complexity index is 894. The van der Waals surface area contributed by atoms with Crippen LogP contribution in [0, 0.1) is 0 Å². The minimum atomic E-state index is -4.72. The summed E-state index contributed by atoms with van der Waals surface area (Å²) in [5.41, 5.74) is -1.24. The van der Waals surface area contributed by atoms with Crippen molar-refractivity contribution < 1.29 is 37.3 Å². The molecule has 2 aromatic rings. The third-order valence-corrected chi connectivity index (χ3v) is 5.93. The van der Waals surface area contributed by atoms with E-state index in [4.69, 9.17) is 9.47 Å². The van der Waals surface area contributed by atoms with Gasteiger partial charge in [-0.3, -0.25) is 0 Å². The molecule has 0 saturated carbocycles. The van der Waals surface area contributed by atoms with E-state index in [-0.39, 0.29) is 31.1 Å². The Morgan fingerprint density at radius 3 is 2.00 bits per heavy atom. The van der Waals surface area contributed by atoms with Crippen LogP contribution in [0.2, 0.25) is 0 Å². The third-order valence-electron chi connectivity index (χ3n) is 4.91. The van der Waals surface area contributed by atoms with E-state index < -0.39 is 36.3 Å². The number of rotatable bonds is 12. The van der Waals surface area contributed by atoms with Crippen molar-refractivity contribution in [2.75, 3.05) is 11.5 Å². The number of amides is 1. The summed E-state index contributed by atoms with van der Waals surface area (Å²) >= 11 is 1.13. The number of nitrogens with one attached hydrogen (secondary N) is 1. The van der Waals surface area contributed by atoms with Crippen molar-refractivity contribution in [2.24, 2.45) is 0 Å². The Morgan fingerprint density at radius 1 is 0.941 bits per heavy atom. The van der Waals surface area contributed by atoms with E-state index in [1.54, 1.807) is 48.5 Å². The Hall–Kier alpha value is -2.72. The zero-order valence-electron chi connectivity index (χ0n) is 18.7. The first-order valence-electron chi connectivity index (χ1n) is 10.6. The fourth-order valence-corrected chi connectivity index (χ4v) is 3.85. The average molecular weight is 500 g/mol. The van der Waals surface area contributed by atoms with Crippen LogP contribution in [0.25, 0.3) is 0 Å². The minimum Gasteiger partial charge on any atom is -0.459 e. The average Bonchev–Trinajstić information content (AvgIpc) is 2.80. The van der Waals surface area contributed by atoms with Crippen LogP contribution >= 0.6 is 11.8 Å². The predicted octanol–water partition coefficient (Wildman–Crippen LogP) is 4.85. The predicted molar refractivity (Wildman–Crippen MR) is 123 cm³/mol. The van der Waals surface area contributed by atoms with E-state index in [1.165, 1.54) is 0 Å². The van der Waals surface area contributed by atoms with Crippen LogP contribution < -0.4 is 5.32 Å². The molecule has 0 unspecified atom stereocenters. The summed E-state index contributed by atoms with van der Waals surface area (Å²) < 4.78 is 48.7. The van der Waals surface area contributed by atoms with Crippen molar-refractivity contribution in [1.29, 1.82) is 0 Å². The Labute approximate surface area is 200 Å². The molecule has 0 aromatic heterocycles. The van der Waals surface area contributed by atoms with E-state index in [0.29, 0.717) is 0 Å². The van der Waals surface area contributed by atoms with Crippen LogP contribution in [0.3, 0.4) is 0 Å². The summed E-state index contributed by atoms with van der Waals surface area (Å²) in [6.45, 7) is 0.750. The normalized spacial score (nSPS) is 14.0. The van der Waals surface area contributed by atoms with Crippen LogP contribution in [-0.2, 0) is 27.5 Å². The second kappa shape index (κ2) is 13.2. The van der Waals surface area contributed by atoms with Crippen molar-refractivity contribution in [3.63, 3.8) is 0 Å². The molecule has 0 aliphatic carbocycles. The fourth-order valence-electron chi connectivity index (χ4n) is 2.70. The summed E-state index contributed by atoms with van der Waals surface area (Å²) in [5, 5.41) is 12.0. The van der Waals surface area contributed by atoms with Gasteiger partial charge in [-0.2, -0.15) is 24.9 Å². The summed E-state index contributed by atoms with van der Waals surface area (Å²) in [6, 6.07) is 16.9. The Kier molecular flexibility index (Phi) is 10.7. The van der Waals surface area contributed by atoms with Crippen molar-refractivity contribution in [1.82, 2.24) is 5.32 Å². The lowest BCUT2D eigenvalue weighted by molar-refractivity contribution is -0.253. The van der Waals surface area contributed by atoms with Crippen LogP contribution in [0.5, 0.6) is 0 Å². The molecule has 0 radical (unpaired) electrons. The van der Waals surface area contributed by atoms with Gasteiger partial charge in [-0.15, -0.1) is 0 Å². The standard InChI is InChI=1S/C24H28F3NO5S/c1-23(31,24(25,26)27)13-15-34-14-12-20(21(29)32-16-18-8-4-2-5-9-18)28-22(30)33-17-19-10-6-3-7-11-19/h2-11,20,31H,12-17H2,1H3,(H,28,30)/t20-,23+/m0/s1. The molecule has 2 N–H and O–H groups in total. The topological polar surface area (TPSA) is 84.9 Å².